The summed E-state index contributed by atoms with van der Waals surface area (Å²) in [5.41, 5.74) is 6.64. The lowest BCUT2D eigenvalue weighted by atomic mass is 10.2. The van der Waals surface area contributed by atoms with Crippen molar-refractivity contribution in [3.05, 3.63) is 33.3 Å². The molecule has 0 amide bonds. The summed E-state index contributed by atoms with van der Waals surface area (Å²) < 4.78 is 0.960. The lowest BCUT2D eigenvalue weighted by Gasteiger charge is -2.05. The van der Waals surface area contributed by atoms with Gasteiger partial charge in [-0.1, -0.05) is 40.5 Å². The molecule has 1 aromatic rings. The minimum absolute atomic E-state index is 0. The molecule has 0 saturated carbocycles. The van der Waals surface area contributed by atoms with Crippen LogP contribution in [0, 0.1) is 0 Å². The maximum atomic E-state index is 6.06. The SMILES string of the molecule is CCCNC(N)=NCc1ccc(Br)cc1Cl.I. The summed E-state index contributed by atoms with van der Waals surface area (Å²) in [6.45, 7) is 3.41. The molecule has 1 aromatic carbocycles. The zero-order chi connectivity index (χ0) is 12.0. The smallest absolute Gasteiger partial charge is 0.188 e. The van der Waals surface area contributed by atoms with E-state index in [2.05, 4.69) is 33.2 Å². The summed E-state index contributed by atoms with van der Waals surface area (Å²) in [5, 5.41) is 3.70. The summed E-state index contributed by atoms with van der Waals surface area (Å²) in [6.07, 6.45) is 1.02. The standard InChI is InChI=1S/C11H15BrClN3.HI/c1-2-5-15-11(14)16-7-8-3-4-9(12)6-10(8)13;/h3-4,6H,2,5,7H2,1H3,(H3,14,15,16);1H. The van der Waals surface area contributed by atoms with Crippen LogP contribution in [0.5, 0.6) is 0 Å². The van der Waals surface area contributed by atoms with Crippen LogP contribution in [0.2, 0.25) is 5.02 Å². The number of nitrogens with one attached hydrogen (secondary N) is 1. The third kappa shape index (κ3) is 6.47. The van der Waals surface area contributed by atoms with Gasteiger partial charge in [-0.2, -0.15) is 0 Å². The molecule has 0 aliphatic carbocycles. The average molecular weight is 433 g/mol. The number of nitrogens with zero attached hydrogens (tertiary/aromatic N) is 1. The van der Waals surface area contributed by atoms with Gasteiger partial charge >= 0.3 is 0 Å². The van der Waals surface area contributed by atoms with E-state index in [9.17, 15) is 0 Å². The molecule has 0 radical (unpaired) electrons. The third-order valence-corrected chi connectivity index (χ3v) is 2.84. The second-order valence-corrected chi connectivity index (χ2v) is 4.69. The monoisotopic (exact) mass is 431 g/mol. The Morgan fingerprint density at radius 1 is 1.53 bits per heavy atom. The lowest BCUT2D eigenvalue weighted by molar-refractivity contribution is 0.825. The summed E-state index contributed by atoms with van der Waals surface area (Å²) >= 11 is 9.41. The fourth-order valence-electron chi connectivity index (χ4n) is 1.13. The van der Waals surface area contributed by atoms with Crippen molar-refractivity contribution >= 4 is 57.5 Å². The van der Waals surface area contributed by atoms with Crippen LogP contribution in [0.15, 0.2) is 27.7 Å². The Bertz CT molecular complexity index is 385. The molecule has 0 bridgehead atoms. The van der Waals surface area contributed by atoms with Gasteiger partial charge in [0, 0.05) is 16.0 Å². The first-order valence-electron chi connectivity index (χ1n) is 5.11. The number of halogens is 3. The number of nitrogens with two attached hydrogens (primary N) is 1. The van der Waals surface area contributed by atoms with E-state index in [0.717, 1.165) is 23.0 Å². The Balaban J connectivity index is 0.00000256. The Kier molecular flexibility index (Phi) is 8.99. The van der Waals surface area contributed by atoms with Gasteiger partial charge in [0.1, 0.15) is 0 Å². The zero-order valence-electron chi connectivity index (χ0n) is 9.54. The number of hydrogen-bond donors (Lipinski definition) is 2. The summed E-state index contributed by atoms with van der Waals surface area (Å²) in [4.78, 5) is 4.21. The third-order valence-electron chi connectivity index (χ3n) is 1.99. The van der Waals surface area contributed by atoms with E-state index in [-0.39, 0.29) is 24.0 Å². The highest BCUT2D eigenvalue weighted by Gasteiger charge is 2.00. The van der Waals surface area contributed by atoms with Gasteiger partial charge in [0.05, 0.1) is 6.54 Å². The van der Waals surface area contributed by atoms with Crippen LogP contribution >= 0.6 is 51.5 Å². The van der Waals surface area contributed by atoms with Crippen molar-refractivity contribution in [1.29, 1.82) is 0 Å². The summed E-state index contributed by atoms with van der Waals surface area (Å²) in [5.74, 6) is 0.459. The van der Waals surface area contributed by atoms with E-state index in [4.69, 9.17) is 17.3 Å². The van der Waals surface area contributed by atoms with Gasteiger partial charge in [-0.05, 0) is 24.1 Å². The Labute approximate surface area is 132 Å². The highest BCUT2D eigenvalue weighted by molar-refractivity contribution is 14.0. The molecule has 3 N–H and O–H groups in total. The molecule has 0 aliphatic rings. The van der Waals surface area contributed by atoms with Gasteiger partial charge in [-0.25, -0.2) is 4.99 Å². The van der Waals surface area contributed by atoms with E-state index >= 15 is 0 Å². The van der Waals surface area contributed by atoms with Crippen molar-refractivity contribution in [2.45, 2.75) is 19.9 Å². The highest BCUT2D eigenvalue weighted by atomic mass is 127. The van der Waals surface area contributed by atoms with Gasteiger partial charge in [-0.3, -0.25) is 0 Å². The fraction of sp³-hybridized carbons (Fsp3) is 0.364. The lowest BCUT2D eigenvalue weighted by Crippen LogP contribution is -2.32. The van der Waals surface area contributed by atoms with Crippen molar-refractivity contribution in [2.75, 3.05) is 6.54 Å². The number of benzene rings is 1. The van der Waals surface area contributed by atoms with E-state index < -0.39 is 0 Å². The second kappa shape index (κ2) is 8.99. The number of aliphatic imine (C=N–C) groups is 1. The molecule has 0 saturated heterocycles. The second-order valence-electron chi connectivity index (χ2n) is 3.36. The van der Waals surface area contributed by atoms with Gasteiger partial charge in [-0.15, -0.1) is 24.0 Å². The molecule has 0 aromatic heterocycles. The number of guanidine groups is 1. The molecule has 6 heteroatoms. The molecule has 96 valence electrons. The fourth-order valence-corrected chi connectivity index (χ4v) is 1.86. The number of rotatable bonds is 4. The van der Waals surface area contributed by atoms with Gasteiger partial charge in [0.15, 0.2) is 5.96 Å². The maximum absolute atomic E-state index is 6.06. The molecule has 1 rings (SSSR count). The molecule has 0 fully saturated rings. The Morgan fingerprint density at radius 3 is 2.82 bits per heavy atom. The molecule has 0 atom stereocenters. The van der Waals surface area contributed by atoms with Crippen molar-refractivity contribution in [1.82, 2.24) is 5.32 Å². The van der Waals surface area contributed by atoms with Crippen LogP contribution in [0.3, 0.4) is 0 Å². The normalized spacial score (nSPS) is 10.9. The van der Waals surface area contributed by atoms with E-state index in [1.807, 2.05) is 18.2 Å². The quantitative estimate of drug-likeness (QED) is 0.435. The van der Waals surface area contributed by atoms with Crippen LogP contribution in [0.4, 0.5) is 0 Å². The van der Waals surface area contributed by atoms with Crippen LogP contribution in [0.25, 0.3) is 0 Å². The molecular formula is C11H16BrClIN3. The van der Waals surface area contributed by atoms with Gasteiger partial charge < -0.3 is 11.1 Å². The first-order chi connectivity index (χ1) is 7.63. The van der Waals surface area contributed by atoms with Crippen LogP contribution < -0.4 is 11.1 Å². The summed E-state index contributed by atoms with van der Waals surface area (Å²) in [6, 6.07) is 5.72. The molecule has 0 spiro atoms. The van der Waals surface area contributed by atoms with E-state index in [1.165, 1.54) is 0 Å². The summed E-state index contributed by atoms with van der Waals surface area (Å²) in [7, 11) is 0. The van der Waals surface area contributed by atoms with Crippen molar-refractivity contribution in [3.63, 3.8) is 0 Å². The van der Waals surface area contributed by atoms with Crippen molar-refractivity contribution < 1.29 is 0 Å². The zero-order valence-corrected chi connectivity index (χ0v) is 14.2. The Morgan fingerprint density at radius 2 is 2.24 bits per heavy atom. The first kappa shape index (κ1) is 17.0. The minimum Gasteiger partial charge on any atom is -0.370 e. The average Bonchev–Trinajstić information content (AvgIpc) is 2.25. The Hall–Kier alpha value is -0.0100. The molecule has 17 heavy (non-hydrogen) atoms. The number of hydrogen-bond acceptors (Lipinski definition) is 1. The molecule has 0 unspecified atom stereocenters. The van der Waals surface area contributed by atoms with Crippen LogP contribution in [-0.4, -0.2) is 12.5 Å². The molecule has 0 heterocycles. The predicted molar refractivity (Wildman–Crippen MR) is 88.2 cm³/mol. The van der Waals surface area contributed by atoms with Gasteiger partial charge in [0.25, 0.3) is 0 Å². The first-order valence-corrected chi connectivity index (χ1v) is 6.28. The van der Waals surface area contributed by atoms with Crippen molar-refractivity contribution in [3.8, 4) is 0 Å². The van der Waals surface area contributed by atoms with E-state index in [0.29, 0.717) is 17.5 Å². The highest BCUT2D eigenvalue weighted by Crippen LogP contribution is 2.21. The van der Waals surface area contributed by atoms with Gasteiger partial charge in [0.2, 0.25) is 0 Å². The van der Waals surface area contributed by atoms with E-state index in [1.54, 1.807) is 0 Å². The molecule has 3 nitrogen and oxygen atoms in total. The maximum Gasteiger partial charge on any atom is 0.188 e. The van der Waals surface area contributed by atoms with Crippen LogP contribution in [-0.2, 0) is 6.54 Å². The molecular weight excluding hydrogens is 416 g/mol. The largest absolute Gasteiger partial charge is 0.370 e. The van der Waals surface area contributed by atoms with Crippen molar-refractivity contribution in [2.24, 2.45) is 10.7 Å². The topological polar surface area (TPSA) is 50.4 Å². The van der Waals surface area contributed by atoms with Crippen LogP contribution in [0.1, 0.15) is 18.9 Å². The predicted octanol–water partition coefficient (Wildman–Crippen LogP) is 3.53. The minimum atomic E-state index is 0. The molecule has 0 aliphatic heterocycles.